The third-order valence-electron chi connectivity index (χ3n) is 5.68. The molecule has 4 heterocycles. The lowest BCUT2D eigenvalue weighted by Crippen LogP contribution is -2.42. The van der Waals surface area contributed by atoms with Crippen molar-refractivity contribution in [1.82, 2.24) is 0 Å². The maximum atomic E-state index is 12.2. The monoisotopic (exact) mass is 308 g/mol. The maximum absolute atomic E-state index is 12.2. The van der Waals surface area contributed by atoms with Crippen LogP contribution in [0.5, 0.6) is 0 Å². The lowest BCUT2D eigenvalue weighted by Gasteiger charge is -2.29. The highest BCUT2D eigenvalue weighted by atomic mass is 16.7. The quantitative estimate of drug-likeness (QED) is 0.495. The minimum absolute atomic E-state index is 0.0819. The molecule has 0 spiro atoms. The van der Waals surface area contributed by atoms with Crippen molar-refractivity contribution in [2.45, 2.75) is 68.4 Å². The molecule has 6 atom stereocenters. The van der Waals surface area contributed by atoms with Crippen LogP contribution in [0.1, 0.15) is 33.1 Å². The van der Waals surface area contributed by atoms with Crippen LogP contribution >= 0.6 is 0 Å². The van der Waals surface area contributed by atoms with Gasteiger partial charge in [0.05, 0.1) is 17.3 Å². The first kappa shape index (κ1) is 13.0. The van der Waals surface area contributed by atoms with Crippen molar-refractivity contribution in [1.29, 1.82) is 0 Å². The smallest absolute Gasteiger partial charge is 0.342 e. The summed E-state index contributed by atoms with van der Waals surface area (Å²) in [5.41, 5.74) is -0.902. The normalized spacial score (nSPS) is 55.0. The molecule has 3 saturated heterocycles. The van der Waals surface area contributed by atoms with E-state index in [1.807, 2.05) is 6.92 Å². The molecule has 0 aromatic heterocycles. The second kappa shape index (κ2) is 3.39. The van der Waals surface area contributed by atoms with Gasteiger partial charge in [0.25, 0.3) is 0 Å². The third kappa shape index (κ3) is 1.33. The van der Waals surface area contributed by atoms with Gasteiger partial charge >= 0.3 is 11.9 Å². The molecule has 0 unspecified atom stereocenters. The third-order valence-corrected chi connectivity index (χ3v) is 5.68. The van der Waals surface area contributed by atoms with Gasteiger partial charge in [-0.05, 0) is 26.7 Å². The Kier molecular flexibility index (Phi) is 2.01. The number of hydrogen-bond donors (Lipinski definition) is 1. The molecule has 1 saturated carbocycles. The van der Waals surface area contributed by atoms with Crippen molar-refractivity contribution in [3.8, 4) is 0 Å². The van der Waals surface area contributed by atoms with Gasteiger partial charge in [-0.15, -0.1) is 0 Å². The van der Waals surface area contributed by atoms with Gasteiger partial charge < -0.3 is 24.1 Å². The molecule has 118 valence electrons. The number of epoxide rings is 2. The van der Waals surface area contributed by atoms with Crippen LogP contribution in [-0.4, -0.2) is 52.3 Å². The zero-order valence-corrected chi connectivity index (χ0v) is 12.3. The summed E-state index contributed by atoms with van der Waals surface area (Å²) in [6.07, 6.45) is 0.0269. The highest BCUT2D eigenvalue weighted by molar-refractivity contribution is 5.94. The van der Waals surface area contributed by atoms with Crippen LogP contribution < -0.4 is 0 Å². The molecule has 5 aliphatic rings. The lowest BCUT2D eigenvalue weighted by molar-refractivity contribution is -0.192. The average molecular weight is 308 g/mol. The van der Waals surface area contributed by atoms with Crippen LogP contribution in [0.2, 0.25) is 0 Å². The minimum atomic E-state index is -1.80. The Morgan fingerprint density at radius 3 is 2.77 bits per heavy atom. The topological polar surface area (TPSA) is 97.9 Å². The highest BCUT2D eigenvalue weighted by Gasteiger charge is 2.77. The summed E-state index contributed by atoms with van der Waals surface area (Å²) in [7, 11) is 0. The van der Waals surface area contributed by atoms with Crippen LogP contribution in [0.4, 0.5) is 0 Å². The summed E-state index contributed by atoms with van der Waals surface area (Å²) in [5.74, 6) is -2.81. The van der Waals surface area contributed by atoms with Crippen LogP contribution in [-0.2, 0) is 28.5 Å². The Labute approximate surface area is 126 Å². The molecule has 0 aromatic rings. The number of carbonyl (C=O) groups is 2. The van der Waals surface area contributed by atoms with E-state index in [2.05, 4.69) is 0 Å². The molecule has 0 amide bonds. The number of carbonyl (C=O) groups excluding carboxylic acids is 2. The van der Waals surface area contributed by atoms with Crippen molar-refractivity contribution < 1.29 is 33.6 Å². The molecule has 7 nitrogen and oxygen atoms in total. The summed E-state index contributed by atoms with van der Waals surface area (Å²) in [6.45, 7) is 3.45. The fourth-order valence-corrected chi connectivity index (χ4v) is 4.34. The van der Waals surface area contributed by atoms with E-state index in [-0.39, 0.29) is 18.1 Å². The van der Waals surface area contributed by atoms with Crippen LogP contribution in [0.15, 0.2) is 11.1 Å². The van der Waals surface area contributed by atoms with Crippen LogP contribution in [0, 0.1) is 0 Å². The van der Waals surface area contributed by atoms with Crippen LogP contribution in [0.25, 0.3) is 0 Å². The van der Waals surface area contributed by atoms with E-state index in [1.54, 1.807) is 6.92 Å². The second-order valence-corrected chi connectivity index (χ2v) is 7.10. The zero-order valence-electron chi connectivity index (χ0n) is 12.3. The number of aliphatic hydroxyl groups is 1. The summed E-state index contributed by atoms with van der Waals surface area (Å²) in [5, 5.41) is 10.9. The summed E-state index contributed by atoms with van der Waals surface area (Å²) in [6, 6.07) is 0. The van der Waals surface area contributed by atoms with E-state index in [1.165, 1.54) is 0 Å². The standard InChI is InChI=1S/C15H16O7/c1-6-8-9-10-14(21-10,12(17)19-9)4-3-7-13(2,20-7)5-15(8,18)22-11(6)16/h7,9-10,18H,3-5H2,1-2H3/t7-,9+,10+,13-,14+,15+/m0/s1. The molecule has 4 aliphatic heterocycles. The fraction of sp³-hybridized carbons (Fsp3) is 0.733. The van der Waals surface area contributed by atoms with Gasteiger partial charge in [0, 0.05) is 12.0 Å². The minimum Gasteiger partial charge on any atom is -0.452 e. The Morgan fingerprint density at radius 1 is 1.27 bits per heavy atom. The van der Waals surface area contributed by atoms with Crippen molar-refractivity contribution in [3.63, 3.8) is 0 Å². The van der Waals surface area contributed by atoms with Crippen LogP contribution in [0.3, 0.4) is 0 Å². The molecule has 1 aliphatic carbocycles. The van der Waals surface area contributed by atoms with Gasteiger partial charge in [-0.2, -0.15) is 0 Å². The molecular formula is C15H16O7. The second-order valence-electron chi connectivity index (χ2n) is 7.10. The van der Waals surface area contributed by atoms with Crippen molar-refractivity contribution in [2.75, 3.05) is 0 Å². The SMILES string of the molecule is CC1=C2[C@H]3OC(=O)[C@]4(CC[C@@H]5O[C@@]5(C)C[C@@]2(O)OC1=O)O[C@H]34. The Hall–Kier alpha value is -1.44. The number of hydrogen-bond acceptors (Lipinski definition) is 7. The number of rotatable bonds is 0. The number of ether oxygens (including phenoxy) is 4. The molecule has 0 aromatic carbocycles. The summed E-state index contributed by atoms with van der Waals surface area (Å²) in [4.78, 5) is 24.2. The van der Waals surface area contributed by atoms with Gasteiger partial charge in [-0.25, -0.2) is 9.59 Å². The first-order valence-corrected chi connectivity index (χ1v) is 7.53. The van der Waals surface area contributed by atoms with E-state index in [0.717, 1.165) is 0 Å². The van der Waals surface area contributed by atoms with Gasteiger partial charge in [-0.3, -0.25) is 0 Å². The molecule has 7 heteroatoms. The Balaban J connectivity index is 1.65. The van der Waals surface area contributed by atoms with Crippen molar-refractivity contribution >= 4 is 11.9 Å². The zero-order chi connectivity index (χ0) is 15.5. The van der Waals surface area contributed by atoms with Gasteiger partial charge in [0.15, 0.2) is 11.7 Å². The first-order valence-electron chi connectivity index (χ1n) is 7.53. The Bertz CT molecular complexity index is 669. The van der Waals surface area contributed by atoms with E-state index < -0.39 is 41.1 Å². The van der Waals surface area contributed by atoms with E-state index in [9.17, 15) is 14.7 Å². The van der Waals surface area contributed by atoms with E-state index in [4.69, 9.17) is 18.9 Å². The van der Waals surface area contributed by atoms with Gasteiger partial charge in [0.2, 0.25) is 5.79 Å². The predicted octanol–water partition coefficient (Wildman–Crippen LogP) is -0.0473. The molecular weight excluding hydrogens is 292 g/mol. The molecule has 2 bridgehead atoms. The fourth-order valence-electron chi connectivity index (χ4n) is 4.34. The van der Waals surface area contributed by atoms with Gasteiger partial charge in [0.1, 0.15) is 6.10 Å². The average Bonchev–Trinajstić information content (AvgIpc) is 3.25. The van der Waals surface area contributed by atoms with Crippen molar-refractivity contribution in [3.05, 3.63) is 11.1 Å². The van der Waals surface area contributed by atoms with Gasteiger partial charge in [-0.1, -0.05) is 0 Å². The highest BCUT2D eigenvalue weighted by Crippen LogP contribution is 2.59. The lowest BCUT2D eigenvalue weighted by atomic mass is 9.83. The largest absolute Gasteiger partial charge is 0.452 e. The van der Waals surface area contributed by atoms with E-state index in [0.29, 0.717) is 18.4 Å². The summed E-state index contributed by atoms with van der Waals surface area (Å²) >= 11 is 0. The maximum Gasteiger partial charge on any atom is 0.342 e. The molecule has 0 radical (unpaired) electrons. The van der Waals surface area contributed by atoms with Crippen molar-refractivity contribution in [2.24, 2.45) is 0 Å². The number of esters is 2. The first-order chi connectivity index (χ1) is 10.3. The molecule has 5 rings (SSSR count). The number of fused-ring (bicyclic) bond motifs is 3. The summed E-state index contributed by atoms with van der Waals surface area (Å²) < 4.78 is 22.0. The molecule has 22 heavy (non-hydrogen) atoms. The van der Waals surface area contributed by atoms with E-state index >= 15 is 0 Å². The Morgan fingerprint density at radius 2 is 2.05 bits per heavy atom. The predicted molar refractivity (Wildman–Crippen MR) is 68.4 cm³/mol. The molecule has 1 N–H and O–H groups in total. The molecule has 4 fully saturated rings.